The fraction of sp³-hybridized carbons (Fsp3) is 0.167. The first-order valence-electron chi connectivity index (χ1n) is 5.57. The zero-order chi connectivity index (χ0) is 15.7. The second kappa shape index (κ2) is 5.34. The van der Waals surface area contributed by atoms with E-state index < -0.39 is 27.9 Å². The zero-order valence-electron chi connectivity index (χ0n) is 10.4. The lowest BCUT2D eigenvalue weighted by Gasteiger charge is -2.12. The minimum atomic E-state index is -5.65. The highest BCUT2D eigenvalue weighted by atomic mass is 32.2. The lowest BCUT2D eigenvalue weighted by atomic mass is 10.1. The molecule has 2 rings (SSSR count). The normalized spacial score (nSPS) is 12.3. The highest BCUT2D eigenvalue weighted by Gasteiger charge is 2.45. The Morgan fingerprint density at radius 3 is 2.52 bits per heavy atom. The molecule has 6 nitrogen and oxygen atoms in total. The topological polar surface area (TPSA) is 93.6 Å². The summed E-state index contributed by atoms with van der Waals surface area (Å²) >= 11 is 0. The van der Waals surface area contributed by atoms with E-state index in [2.05, 4.69) is 9.72 Å². The first-order valence-corrected chi connectivity index (χ1v) is 7.01. The molecule has 0 aliphatic rings. The van der Waals surface area contributed by atoms with Crippen LogP contribution in [0.15, 0.2) is 36.5 Å². The molecule has 0 aliphatic heterocycles. The van der Waals surface area contributed by atoms with Crippen molar-refractivity contribution in [1.29, 1.82) is 0 Å². The summed E-state index contributed by atoms with van der Waals surface area (Å²) in [6.45, 7) is -1.79. The highest BCUT2D eigenvalue weighted by molar-refractivity contribution is 7.86. The molecule has 21 heavy (non-hydrogen) atoms. The van der Waals surface area contributed by atoms with E-state index >= 15 is 0 Å². The van der Waals surface area contributed by atoms with Crippen molar-refractivity contribution in [1.82, 2.24) is 4.98 Å². The van der Waals surface area contributed by atoms with E-state index in [0.717, 1.165) is 5.39 Å². The van der Waals surface area contributed by atoms with Crippen molar-refractivity contribution in [2.45, 2.75) is 5.25 Å². The second-order valence-electron chi connectivity index (χ2n) is 4.11. The number of rotatable bonds is 4. The number of pyridine rings is 1. The van der Waals surface area contributed by atoms with Crippen molar-refractivity contribution in [3.8, 4) is 0 Å². The molecule has 1 aromatic carbocycles. The van der Waals surface area contributed by atoms with Gasteiger partial charge in [0.1, 0.15) is 5.69 Å². The van der Waals surface area contributed by atoms with Crippen LogP contribution in [0, 0.1) is 0 Å². The van der Waals surface area contributed by atoms with E-state index in [1.807, 2.05) is 0 Å². The van der Waals surface area contributed by atoms with Crippen LogP contribution in [0.2, 0.25) is 0 Å². The molecule has 0 spiro atoms. The van der Waals surface area contributed by atoms with Gasteiger partial charge in [0.2, 0.25) is 0 Å². The third kappa shape index (κ3) is 3.31. The van der Waals surface area contributed by atoms with Crippen molar-refractivity contribution in [3.05, 3.63) is 42.2 Å². The number of nitrogens with zero attached hydrogens (tertiary/aromatic N) is 1. The number of aromatic nitrogens is 1. The number of alkyl halides is 2. The van der Waals surface area contributed by atoms with Crippen LogP contribution in [0.4, 0.5) is 8.78 Å². The number of ether oxygens (including phenoxy) is 1. The molecule has 0 saturated carbocycles. The van der Waals surface area contributed by atoms with Crippen LogP contribution in [0.5, 0.6) is 0 Å². The molecule has 0 saturated heterocycles. The Hall–Kier alpha value is -2.13. The molecular formula is C12H9F2NO5S. The zero-order valence-corrected chi connectivity index (χ0v) is 11.2. The van der Waals surface area contributed by atoms with Gasteiger partial charge in [-0.3, -0.25) is 4.55 Å². The molecule has 0 amide bonds. The van der Waals surface area contributed by atoms with Crippen LogP contribution in [-0.4, -0.2) is 35.8 Å². The van der Waals surface area contributed by atoms with E-state index in [1.165, 1.54) is 12.3 Å². The summed E-state index contributed by atoms with van der Waals surface area (Å²) in [5.41, 5.74) is -0.250. The molecule has 0 atom stereocenters. The largest absolute Gasteiger partial charge is 0.453 e. The Kier molecular flexibility index (Phi) is 3.88. The SMILES string of the molecule is O=C(OCC(F)(F)S(=O)(=O)O)c1cc2ccccc2cn1. The Bertz CT molecular complexity index is 791. The second-order valence-corrected chi connectivity index (χ2v) is 5.65. The Morgan fingerprint density at radius 2 is 1.90 bits per heavy atom. The van der Waals surface area contributed by atoms with E-state index in [-0.39, 0.29) is 5.69 Å². The summed E-state index contributed by atoms with van der Waals surface area (Å²) in [6.07, 6.45) is 1.35. The summed E-state index contributed by atoms with van der Waals surface area (Å²) in [5, 5.41) is -3.20. The number of hydrogen-bond donors (Lipinski definition) is 1. The summed E-state index contributed by atoms with van der Waals surface area (Å²) in [6, 6.07) is 8.21. The minimum absolute atomic E-state index is 0.250. The van der Waals surface area contributed by atoms with Crippen LogP contribution in [0.3, 0.4) is 0 Å². The molecule has 112 valence electrons. The maximum Gasteiger partial charge on any atom is 0.402 e. The van der Waals surface area contributed by atoms with Gasteiger partial charge in [-0.1, -0.05) is 24.3 Å². The van der Waals surface area contributed by atoms with Crippen LogP contribution in [0.25, 0.3) is 10.8 Å². The molecule has 0 aliphatic carbocycles. The molecule has 0 fully saturated rings. The third-order valence-electron chi connectivity index (χ3n) is 2.59. The van der Waals surface area contributed by atoms with Gasteiger partial charge in [0.15, 0.2) is 6.61 Å². The monoisotopic (exact) mass is 317 g/mol. The molecule has 1 N–H and O–H groups in total. The highest BCUT2D eigenvalue weighted by Crippen LogP contribution is 2.21. The van der Waals surface area contributed by atoms with E-state index in [1.54, 1.807) is 24.3 Å². The van der Waals surface area contributed by atoms with Gasteiger partial charge in [-0.15, -0.1) is 0 Å². The number of carbonyl (C=O) groups is 1. The van der Waals surface area contributed by atoms with Crippen LogP contribution in [-0.2, 0) is 14.9 Å². The molecule has 1 aromatic heterocycles. The number of halogens is 2. The fourth-order valence-electron chi connectivity index (χ4n) is 1.49. The van der Waals surface area contributed by atoms with Gasteiger partial charge in [-0.05, 0) is 11.5 Å². The number of fused-ring (bicyclic) bond motifs is 1. The summed E-state index contributed by atoms with van der Waals surface area (Å²) in [7, 11) is -5.65. The van der Waals surface area contributed by atoms with Crippen LogP contribution in [0.1, 0.15) is 10.5 Å². The Morgan fingerprint density at radius 1 is 1.29 bits per heavy atom. The van der Waals surface area contributed by atoms with Crippen LogP contribution >= 0.6 is 0 Å². The minimum Gasteiger partial charge on any atom is -0.453 e. The summed E-state index contributed by atoms with van der Waals surface area (Å²) in [5.74, 6) is -1.22. The van der Waals surface area contributed by atoms with E-state index in [4.69, 9.17) is 4.55 Å². The van der Waals surface area contributed by atoms with Crippen molar-refractivity contribution in [3.63, 3.8) is 0 Å². The maximum absolute atomic E-state index is 12.9. The molecule has 1 heterocycles. The number of hydrogen-bond acceptors (Lipinski definition) is 5. The maximum atomic E-state index is 12.9. The average Bonchev–Trinajstić information content (AvgIpc) is 2.43. The predicted molar refractivity (Wildman–Crippen MR) is 68.5 cm³/mol. The van der Waals surface area contributed by atoms with Gasteiger partial charge in [0, 0.05) is 11.6 Å². The van der Waals surface area contributed by atoms with Gasteiger partial charge in [-0.25, -0.2) is 9.78 Å². The lowest BCUT2D eigenvalue weighted by Crippen LogP contribution is -2.34. The molecule has 2 aromatic rings. The molecule has 9 heteroatoms. The fourth-order valence-corrected chi connectivity index (χ4v) is 1.70. The number of benzene rings is 1. The molecular weight excluding hydrogens is 308 g/mol. The van der Waals surface area contributed by atoms with E-state index in [9.17, 15) is 22.0 Å². The predicted octanol–water partition coefficient (Wildman–Crippen LogP) is 1.87. The Labute approximate surface area is 118 Å². The lowest BCUT2D eigenvalue weighted by molar-refractivity contribution is -0.00986. The summed E-state index contributed by atoms with van der Waals surface area (Å²) in [4.78, 5) is 15.3. The third-order valence-corrected chi connectivity index (χ3v) is 3.46. The number of carbonyl (C=O) groups excluding carboxylic acids is 1. The summed E-state index contributed by atoms with van der Waals surface area (Å²) < 4.78 is 59.1. The molecule has 0 unspecified atom stereocenters. The van der Waals surface area contributed by atoms with E-state index in [0.29, 0.717) is 5.39 Å². The van der Waals surface area contributed by atoms with Gasteiger partial charge >= 0.3 is 21.3 Å². The van der Waals surface area contributed by atoms with Gasteiger partial charge in [-0.2, -0.15) is 17.2 Å². The van der Waals surface area contributed by atoms with Gasteiger partial charge in [0.05, 0.1) is 0 Å². The first-order chi connectivity index (χ1) is 9.71. The first kappa shape index (κ1) is 15.3. The van der Waals surface area contributed by atoms with Crippen LogP contribution < -0.4 is 0 Å². The van der Waals surface area contributed by atoms with Gasteiger partial charge < -0.3 is 4.74 Å². The molecule has 0 bridgehead atoms. The molecule has 0 radical (unpaired) electrons. The van der Waals surface area contributed by atoms with Crippen molar-refractivity contribution >= 4 is 26.9 Å². The standard InChI is InChI=1S/C12H9F2NO5S/c13-12(14,21(17,18)19)7-20-11(16)10-5-8-3-1-2-4-9(8)6-15-10/h1-6H,7H2,(H,17,18,19). The average molecular weight is 317 g/mol. The van der Waals surface area contributed by atoms with Crippen molar-refractivity contribution in [2.24, 2.45) is 0 Å². The Balaban J connectivity index is 2.16. The number of esters is 1. The van der Waals surface area contributed by atoms with Crippen molar-refractivity contribution < 1.29 is 31.3 Å². The quantitative estimate of drug-likeness (QED) is 0.683. The smallest absolute Gasteiger partial charge is 0.402 e. The van der Waals surface area contributed by atoms with Gasteiger partial charge in [0.25, 0.3) is 0 Å². The van der Waals surface area contributed by atoms with Crippen molar-refractivity contribution in [2.75, 3.05) is 6.61 Å².